The van der Waals surface area contributed by atoms with Gasteiger partial charge in [-0.05, 0) is 60.6 Å². The molecule has 0 atom stereocenters. The number of aromatic nitrogens is 2. The van der Waals surface area contributed by atoms with Crippen LogP contribution in [0.1, 0.15) is 43.4 Å². The number of hydrogen-bond acceptors (Lipinski definition) is 2. The van der Waals surface area contributed by atoms with E-state index in [1.165, 1.54) is 5.56 Å². The lowest BCUT2D eigenvalue weighted by Crippen LogP contribution is -2.03. The summed E-state index contributed by atoms with van der Waals surface area (Å²) in [6.45, 7) is 0. The quantitative estimate of drug-likeness (QED) is 0.408. The van der Waals surface area contributed by atoms with Gasteiger partial charge in [0.2, 0.25) is 0 Å². The lowest BCUT2D eigenvalue weighted by molar-refractivity contribution is 0.341. The smallest absolute Gasteiger partial charge is 0.0963 e. The highest BCUT2D eigenvalue weighted by atomic mass is 19.1. The molecule has 2 aromatic carbocycles. The highest BCUT2D eigenvalue weighted by Gasteiger charge is 2.17. The van der Waals surface area contributed by atoms with E-state index < -0.39 is 0 Å². The Morgan fingerprint density at radius 1 is 0.935 bits per heavy atom. The van der Waals surface area contributed by atoms with E-state index in [-0.39, 0.29) is 5.83 Å². The molecule has 4 rings (SSSR count). The van der Waals surface area contributed by atoms with Crippen LogP contribution < -0.4 is 0 Å². The van der Waals surface area contributed by atoms with E-state index in [2.05, 4.69) is 47.6 Å². The Kier molecular flexibility index (Phi) is 6.78. The number of nitrogens with zero attached hydrogens (tertiary/aromatic N) is 2. The zero-order valence-electron chi connectivity index (χ0n) is 17.8. The molecule has 1 aliphatic rings. The average Bonchev–Trinajstić information content (AvgIpc) is 3.26. The molecular weight excluding hydrogens is 387 g/mol. The van der Waals surface area contributed by atoms with Crippen LogP contribution in [-0.4, -0.2) is 16.9 Å². The number of halogens is 1. The Bertz CT molecular complexity index is 1090. The fraction of sp³-hybridized carbons (Fsp3) is 0.222. The third-order valence-corrected chi connectivity index (χ3v) is 5.50. The van der Waals surface area contributed by atoms with E-state index in [9.17, 15) is 4.39 Å². The van der Waals surface area contributed by atoms with Crippen LogP contribution in [0.2, 0.25) is 0 Å². The van der Waals surface area contributed by atoms with Gasteiger partial charge in [-0.1, -0.05) is 54.6 Å². The first-order valence-corrected chi connectivity index (χ1v) is 10.7. The molecular formula is C27H27FN2O. The molecule has 0 saturated heterocycles. The van der Waals surface area contributed by atoms with Gasteiger partial charge in [-0.25, -0.2) is 9.07 Å². The monoisotopic (exact) mass is 414 g/mol. The second-order valence-electron chi connectivity index (χ2n) is 7.62. The van der Waals surface area contributed by atoms with Crippen molar-refractivity contribution in [2.24, 2.45) is 0 Å². The number of hydrogen-bond donors (Lipinski definition) is 0. The molecule has 1 heterocycles. The fourth-order valence-electron chi connectivity index (χ4n) is 3.89. The van der Waals surface area contributed by atoms with Gasteiger partial charge in [0.25, 0.3) is 0 Å². The van der Waals surface area contributed by atoms with Crippen LogP contribution in [0.15, 0.2) is 85.0 Å². The summed E-state index contributed by atoms with van der Waals surface area (Å²) in [5, 5.41) is 4.67. The van der Waals surface area contributed by atoms with Gasteiger partial charge in [-0.3, -0.25) is 0 Å². The molecule has 0 saturated carbocycles. The summed E-state index contributed by atoms with van der Waals surface area (Å²) in [6, 6.07) is 18.7. The Labute approximate surface area is 183 Å². The summed E-state index contributed by atoms with van der Waals surface area (Å²) in [5.41, 5.74) is 6.39. The molecule has 1 aromatic heterocycles. The highest BCUT2D eigenvalue weighted by molar-refractivity contribution is 5.73. The zero-order chi connectivity index (χ0) is 21.5. The summed E-state index contributed by atoms with van der Waals surface area (Å²) in [4.78, 5) is 0. The number of rotatable bonds is 5. The van der Waals surface area contributed by atoms with Crippen molar-refractivity contribution >= 4 is 11.6 Å². The summed E-state index contributed by atoms with van der Waals surface area (Å²) in [7, 11) is 1.63. The highest BCUT2D eigenvalue weighted by Crippen LogP contribution is 2.31. The molecule has 4 heteroatoms. The lowest BCUT2D eigenvalue weighted by atomic mass is 10.0. The predicted molar refractivity (Wildman–Crippen MR) is 125 cm³/mol. The molecule has 0 fully saturated rings. The van der Waals surface area contributed by atoms with E-state index in [0.29, 0.717) is 12.8 Å². The average molecular weight is 415 g/mol. The second kappa shape index (κ2) is 10.1. The fourth-order valence-corrected chi connectivity index (χ4v) is 3.89. The minimum atomic E-state index is -0.0277. The summed E-state index contributed by atoms with van der Waals surface area (Å²) in [6.07, 6.45) is 13.1. The van der Waals surface area contributed by atoms with Crippen molar-refractivity contribution in [3.05, 3.63) is 96.3 Å². The predicted octanol–water partition coefficient (Wildman–Crippen LogP) is 7.36. The van der Waals surface area contributed by atoms with Crippen molar-refractivity contribution < 1.29 is 9.13 Å². The van der Waals surface area contributed by atoms with Crippen LogP contribution in [-0.2, 0) is 4.74 Å². The van der Waals surface area contributed by atoms with Crippen LogP contribution in [0.25, 0.3) is 28.5 Å². The van der Waals surface area contributed by atoms with Gasteiger partial charge in [0, 0.05) is 12.0 Å². The molecule has 158 valence electrons. The standard InChI is InChI=1S/C27H27FN2O/c1-31-19-18-24-20-29-30(27(24)23-10-6-3-7-11-25(28)15-12-23)26-16-13-22(14-17-26)21-8-4-2-5-9-21/h2,4-5,8-11,13-14,16-20H,3,6-7,12,15H2,1H3/b19-18+,23-10+,25-11+. The van der Waals surface area contributed by atoms with Crippen LogP contribution in [0, 0.1) is 0 Å². The van der Waals surface area contributed by atoms with E-state index in [4.69, 9.17) is 4.74 Å². The normalized spacial score (nSPS) is 18.4. The van der Waals surface area contributed by atoms with Gasteiger partial charge >= 0.3 is 0 Å². The van der Waals surface area contributed by atoms with Gasteiger partial charge in [0.15, 0.2) is 0 Å². The minimum absolute atomic E-state index is 0.0277. The van der Waals surface area contributed by atoms with Crippen LogP contribution in [0.3, 0.4) is 0 Å². The molecule has 1 aliphatic carbocycles. The van der Waals surface area contributed by atoms with Gasteiger partial charge in [0.05, 0.1) is 36.8 Å². The second-order valence-corrected chi connectivity index (χ2v) is 7.62. The molecule has 0 amide bonds. The number of ether oxygens (including phenoxy) is 1. The van der Waals surface area contributed by atoms with Crippen molar-refractivity contribution in [3.63, 3.8) is 0 Å². The molecule has 0 unspecified atom stereocenters. The Hall–Kier alpha value is -3.40. The number of benzene rings is 2. The maximum absolute atomic E-state index is 14.1. The van der Waals surface area contributed by atoms with Crippen LogP contribution >= 0.6 is 0 Å². The summed E-state index contributed by atoms with van der Waals surface area (Å²) in [5.74, 6) is -0.0277. The SMILES string of the molecule is CO/C=C/c1cnn(-c2ccc(-c3ccccc3)cc2)c1/C1=C/CCC/C=C(/F)CC1. The first kappa shape index (κ1) is 20.9. The molecule has 0 N–H and O–H groups in total. The molecule has 0 spiro atoms. The van der Waals surface area contributed by atoms with E-state index in [1.807, 2.05) is 35.2 Å². The zero-order valence-corrected chi connectivity index (χ0v) is 17.8. The van der Waals surface area contributed by atoms with Crippen molar-refractivity contribution in [2.45, 2.75) is 32.1 Å². The number of methoxy groups -OCH3 is 1. The van der Waals surface area contributed by atoms with Gasteiger partial charge in [-0.2, -0.15) is 5.10 Å². The Morgan fingerprint density at radius 3 is 2.45 bits per heavy atom. The first-order chi connectivity index (χ1) is 15.3. The largest absolute Gasteiger partial charge is 0.504 e. The molecule has 0 bridgehead atoms. The van der Waals surface area contributed by atoms with Gasteiger partial charge in [0.1, 0.15) is 0 Å². The van der Waals surface area contributed by atoms with Crippen molar-refractivity contribution in [1.82, 2.24) is 9.78 Å². The number of allylic oxidation sites excluding steroid dienone is 4. The topological polar surface area (TPSA) is 27.1 Å². The third kappa shape index (κ3) is 5.02. The molecule has 0 aliphatic heterocycles. The van der Waals surface area contributed by atoms with E-state index >= 15 is 0 Å². The van der Waals surface area contributed by atoms with Crippen molar-refractivity contribution in [3.8, 4) is 16.8 Å². The molecule has 31 heavy (non-hydrogen) atoms. The minimum Gasteiger partial charge on any atom is -0.504 e. The van der Waals surface area contributed by atoms with Gasteiger partial charge < -0.3 is 4.74 Å². The summed E-state index contributed by atoms with van der Waals surface area (Å²) >= 11 is 0. The van der Waals surface area contributed by atoms with Crippen LogP contribution in [0.4, 0.5) is 4.39 Å². The molecule has 3 nitrogen and oxygen atoms in total. The third-order valence-electron chi connectivity index (χ3n) is 5.50. The van der Waals surface area contributed by atoms with Crippen molar-refractivity contribution in [2.75, 3.05) is 7.11 Å². The Balaban J connectivity index is 1.73. The maximum Gasteiger partial charge on any atom is 0.0963 e. The van der Waals surface area contributed by atoms with Crippen LogP contribution in [0.5, 0.6) is 0 Å². The van der Waals surface area contributed by atoms with Crippen molar-refractivity contribution in [1.29, 1.82) is 0 Å². The maximum atomic E-state index is 14.1. The van der Waals surface area contributed by atoms with E-state index in [0.717, 1.165) is 47.3 Å². The molecule has 3 aromatic rings. The first-order valence-electron chi connectivity index (χ1n) is 10.7. The molecule has 0 radical (unpaired) electrons. The van der Waals surface area contributed by atoms with E-state index in [1.54, 1.807) is 19.4 Å². The van der Waals surface area contributed by atoms with Gasteiger partial charge in [-0.15, -0.1) is 0 Å². The summed E-state index contributed by atoms with van der Waals surface area (Å²) < 4.78 is 21.2. The Morgan fingerprint density at radius 2 is 1.68 bits per heavy atom. The lowest BCUT2D eigenvalue weighted by Gasteiger charge is -2.13.